The Bertz CT molecular complexity index is 798. The van der Waals surface area contributed by atoms with Crippen molar-refractivity contribution in [2.45, 2.75) is 4.90 Å². The molecule has 108 valence electrons. The predicted molar refractivity (Wildman–Crippen MR) is 71.1 cm³/mol. The maximum atomic E-state index is 11.9. The Morgan fingerprint density at radius 3 is 2.60 bits per heavy atom. The van der Waals surface area contributed by atoms with E-state index in [1.807, 2.05) is 0 Å². The van der Waals surface area contributed by atoms with Gasteiger partial charge in [-0.05, 0) is 13.1 Å². The first-order valence-corrected chi connectivity index (χ1v) is 7.26. The number of ether oxygens (including phenoxy) is 1. The van der Waals surface area contributed by atoms with Crippen molar-refractivity contribution in [1.29, 1.82) is 0 Å². The van der Waals surface area contributed by atoms with Crippen molar-refractivity contribution in [3.63, 3.8) is 0 Å². The van der Waals surface area contributed by atoms with Crippen LogP contribution in [-0.4, -0.2) is 26.7 Å². The van der Waals surface area contributed by atoms with Crippen molar-refractivity contribution >= 4 is 50.3 Å². The predicted octanol–water partition coefficient (Wildman–Crippen LogP) is 2.70. The lowest BCUT2D eigenvalue weighted by atomic mass is 10.2. The molecule has 0 aliphatic heterocycles. The highest BCUT2D eigenvalue weighted by Gasteiger charge is 2.23. The van der Waals surface area contributed by atoms with Gasteiger partial charge in [0.15, 0.2) is 5.58 Å². The highest BCUT2D eigenvalue weighted by atomic mass is 35.5. The van der Waals surface area contributed by atoms with Gasteiger partial charge in [0.25, 0.3) is 5.95 Å². The van der Waals surface area contributed by atoms with Crippen LogP contribution in [0.2, 0.25) is 10.0 Å². The summed E-state index contributed by atoms with van der Waals surface area (Å²) in [4.78, 5) is 10.3. The molecule has 2 aromatic rings. The lowest BCUT2D eigenvalue weighted by Gasteiger charge is -2.05. The Morgan fingerprint density at radius 2 is 2.05 bits per heavy atom. The fourth-order valence-corrected chi connectivity index (χ4v) is 2.94. The van der Waals surface area contributed by atoms with Crippen LogP contribution in [0, 0.1) is 0 Å². The number of rotatable bonds is 3. The lowest BCUT2D eigenvalue weighted by molar-refractivity contribution is 0.134. The van der Waals surface area contributed by atoms with Crippen molar-refractivity contribution in [2.24, 2.45) is 0 Å². The van der Waals surface area contributed by atoms with Crippen LogP contribution in [0.5, 0.6) is 5.95 Å². The monoisotopic (exact) mass is 339 g/mol. The van der Waals surface area contributed by atoms with Gasteiger partial charge < -0.3 is 14.3 Å². The zero-order chi connectivity index (χ0) is 15.1. The van der Waals surface area contributed by atoms with Gasteiger partial charge in [0.1, 0.15) is 5.02 Å². The second kappa shape index (κ2) is 5.13. The van der Waals surface area contributed by atoms with E-state index in [1.54, 1.807) is 0 Å². The van der Waals surface area contributed by atoms with Crippen molar-refractivity contribution in [2.75, 3.05) is 7.05 Å². The summed E-state index contributed by atoms with van der Waals surface area (Å²) in [5, 5.41) is 8.48. The van der Waals surface area contributed by atoms with Gasteiger partial charge in [-0.3, -0.25) is 0 Å². The van der Waals surface area contributed by atoms with Crippen LogP contribution in [-0.2, 0) is 10.0 Å². The van der Waals surface area contributed by atoms with Gasteiger partial charge in [0, 0.05) is 11.5 Å². The van der Waals surface area contributed by atoms with E-state index in [9.17, 15) is 13.2 Å². The van der Waals surface area contributed by atoms with E-state index in [-0.39, 0.29) is 25.9 Å². The molecule has 0 amide bonds. The van der Waals surface area contributed by atoms with Crippen LogP contribution < -0.4 is 9.46 Å². The minimum absolute atomic E-state index is 0.0445. The molecule has 20 heavy (non-hydrogen) atoms. The Balaban J connectivity index is 2.80. The third-order valence-corrected chi connectivity index (χ3v) is 4.61. The molecule has 0 unspecified atom stereocenters. The topological polar surface area (TPSA) is 106 Å². The lowest BCUT2D eigenvalue weighted by Crippen LogP contribution is -2.18. The summed E-state index contributed by atoms with van der Waals surface area (Å²) in [6, 6.07) is 2.24. The summed E-state index contributed by atoms with van der Waals surface area (Å²) in [6.45, 7) is 0. The normalized spacial score (nSPS) is 11.8. The average Bonchev–Trinajstić information content (AvgIpc) is 2.76. The van der Waals surface area contributed by atoms with Crippen LogP contribution in [0.15, 0.2) is 21.4 Å². The Morgan fingerprint density at radius 1 is 1.40 bits per heavy atom. The Hall–Kier alpha value is -1.48. The third-order valence-electron chi connectivity index (χ3n) is 2.39. The van der Waals surface area contributed by atoms with Crippen molar-refractivity contribution < 1.29 is 27.5 Å². The largest absolute Gasteiger partial charge is 0.513 e. The Labute approximate surface area is 123 Å². The van der Waals surface area contributed by atoms with Crippen LogP contribution in [0.3, 0.4) is 0 Å². The third kappa shape index (κ3) is 2.55. The number of sulfonamides is 1. The van der Waals surface area contributed by atoms with Gasteiger partial charge in [0.05, 0.1) is 9.92 Å². The standard InChI is InChI=1S/C10H7Cl2NO6S/c1-13-20(16,17)6-3-5(11)8(12)9-4(6)2-7(18-9)19-10(14)15/h2-3,13H,1H3,(H,14,15). The fraction of sp³-hybridized carbons (Fsp3) is 0.100. The van der Waals surface area contributed by atoms with Crippen LogP contribution in [0.4, 0.5) is 4.79 Å². The molecule has 2 rings (SSSR count). The second-order valence-electron chi connectivity index (χ2n) is 3.55. The molecule has 0 saturated carbocycles. The highest BCUT2D eigenvalue weighted by Crippen LogP contribution is 2.39. The molecule has 7 nitrogen and oxygen atoms in total. The molecular formula is C10H7Cl2NO6S. The molecule has 1 heterocycles. The number of hydrogen-bond acceptors (Lipinski definition) is 5. The minimum Gasteiger partial charge on any atom is -0.449 e. The Kier molecular flexibility index (Phi) is 3.83. The smallest absolute Gasteiger partial charge is 0.449 e. The molecule has 1 aromatic heterocycles. The fourth-order valence-electron chi connectivity index (χ4n) is 1.55. The number of halogens is 2. The van der Waals surface area contributed by atoms with Crippen molar-refractivity contribution in [1.82, 2.24) is 4.72 Å². The van der Waals surface area contributed by atoms with E-state index in [0.717, 1.165) is 12.1 Å². The summed E-state index contributed by atoms with van der Waals surface area (Å²) in [6.07, 6.45) is -1.61. The first kappa shape index (κ1) is 14.9. The van der Waals surface area contributed by atoms with Crippen molar-refractivity contribution in [3.05, 3.63) is 22.2 Å². The van der Waals surface area contributed by atoms with E-state index < -0.39 is 22.1 Å². The molecule has 1 aromatic carbocycles. The quantitative estimate of drug-likeness (QED) is 0.832. The molecule has 0 bridgehead atoms. The zero-order valence-electron chi connectivity index (χ0n) is 9.81. The molecule has 0 saturated heterocycles. The molecule has 0 radical (unpaired) electrons. The summed E-state index contributed by atoms with van der Waals surface area (Å²) < 4.78 is 35.3. The maximum absolute atomic E-state index is 11.9. The van der Waals surface area contributed by atoms with Gasteiger partial charge in [-0.15, -0.1) is 0 Å². The molecule has 10 heteroatoms. The summed E-state index contributed by atoms with van der Waals surface area (Å²) in [5.41, 5.74) is -0.0794. The van der Waals surface area contributed by atoms with Gasteiger partial charge in [-0.25, -0.2) is 17.9 Å². The van der Waals surface area contributed by atoms with E-state index in [0.29, 0.717) is 0 Å². The molecule has 0 spiro atoms. The number of hydrogen-bond donors (Lipinski definition) is 2. The summed E-state index contributed by atoms with van der Waals surface area (Å²) in [7, 11) is -2.61. The van der Waals surface area contributed by atoms with Gasteiger partial charge in [-0.1, -0.05) is 23.2 Å². The molecule has 2 N–H and O–H groups in total. The van der Waals surface area contributed by atoms with Crippen LogP contribution in [0.25, 0.3) is 11.0 Å². The molecule has 0 aliphatic rings. The minimum atomic E-state index is -3.84. The van der Waals surface area contributed by atoms with Crippen LogP contribution >= 0.6 is 23.2 Å². The average molecular weight is 340 g/mol. The van der Waals surface area contributed by atoms with E-state index in [1.165, 1.54) is 7.05 Å². The maximum Gasteiger partial charge on any atom is 0.513 e. The SMILES string of the molecule is CNS(=O)(=O)c1cc(Cl)c(Cl)c2oc(OC(=O)O)cc12. The first-order chi connectivity index (χ1) is 9.26. The molecule has 0 fully saturated rings. The number of carbonyl (C=O) groups is 1. The van der Waals surface area contributed by atoms with E-state index >= 15 is 0 Å². The van der Waals surface area contributed by atoms with Gasteiger partial charge in [0.2, 0.25) is 10.0 Å². The molecule has 0 atom stereocenters. The van der Waals surface area contributed by atoms with Gasteiger partial charge >= 0.3 is 6.16 Å². The number of furan rings is 1. The number of fused-ring (bicyclic) bond motifs is 1. The zero-order valence-corrected chi connectivity index (χ0v) is 12.1. The van der Waals surface area contributed by atoms with Gasteiger partial charge in [-0.2, -0.15) is 0 Å². The number of nitrogens with one attached hydrogen (secondary N) is 1. The second-order valence-corrected chi connectivity index (χ2v) is 6.19. The van der Waals surface area contributed by atoms with E-state index in [2.05, 4.69) is 9.46 Å². The number of carboxylic acid groups (broad SMARTS) is 1. The van der Waals surface area contributed by atoms with Crippen molar-refractivity contribution in [3.8, 4) is 5.95 Å². The highest BCUT2D eigenvalue weighted by molar-refractivity contribution is 7.89. The molecular weight excluding hydrogens is 333 g/mol. The summed E-state index contributed by atoms with van der Waals surface area (Å²) in [5.74, 6) is -0.413. The molecule has 0 aliphatic carbocycles. The summed E-state index contributed by atoms with van der Waals surface area (Å²) >= 11 is 11.7. The first-order valence-electron chi connectivity index (χ1n) is 5.02. The van der Waals surface area contributed by atoms with E-state index in [4.69, 9.17) is 32.7 Å². The number of benzene rings is 1. The van der Waals surface area contributed by atoms with Crippen LogP contribution in [0.1, 0.15) is 0 Å².